The zero-order valence-electron chi connectivity index (χ0n) is 22.4. The van der Waals surface area contributed by atoms with Crippen LogP contribution in [0.3, 0.4) is 0 Å². The summed E-state index contributed by atoms with van der Waals surface area (Å²) in [6, 6.07) is 0.826. The van der Waals surface area contributed by atoms with Crippen LogP contribution in [0.2, 0.25) is 0 Å². The van der Waals surface area contributed by atoms with Gasteiger partial charge in [-0.2, -0.15) is 0 Å². The molecule has 3 nitrogen and oxygen atoms in total. The molecule has 0 amide bonds. The van der Waals surface area contributed by atoms with Crippen molar-refractivity contribution in [2.75, 3.05) is 14.1 Å². The van der Waals surface area contributed by atoms with E-state index < -0.39 is 5.97 Å². The minimum absolute atomic E-state index is 0.111. The van der Waals surface area contributed by atoms with Crippen molar-refractivity contribution in [3.8, 4) is 0 Å². The molecule has 1 N–H and O–H groups in total. The molecule has 0 fully saturated rings. The van der Waals surface area contributed by atoms with E-state index in [0.29, 0.717) is 0 Å². The Morgan fingerprint density at radius 3 is 1.32 bits per heavy atom. The number of hydrogen-bond donors (Lipinski definition) is 1. The lowest BCUT2D eigenvalue weighted by molar-refractivity contribution is -0.142. The molecule has 0 saturated carbocycles. The van der Waals surface area contributed by atoms with Gasteiger partial charge in [0.15, 0.2) is 0 Å². The molecular weight excluding hydrogens is 382 g/mol. The molecular formula is C28H59NO2. The van der Waals surface area contributed by atoms with Crippen LogP contribution in [0.15, 0.2) is 0 Å². The number of carboxylic acids is 1. The number of nitrogens with zero attached hydrogens (tertiary/aromatic N) is 1. The van der Waals surface area contributed by atoms with Gasteiger partial charge in [-0.3, -0.25) is 4.79 Å². The van der Waals surface area contributed by atoms with E-state index >= 15 is 0 Å². The lowest BCUT2D eigenvalue weighted by Crippen LogP contribution is -2.27. The number of hydrogen-bond acceptors (Lipinski definition) is 2. The van der Waals surface area contributed by atoms with E-state index in [2.05, 4.69) is 39.8 Å². The smallest absolute Gasteiger partial charge is 0.306 e. The lowest BCUT2D eigenvalue weighted by atomic mass is 9.99. The van der Waals surface area contributed by atoms with Gasteiger partial charge in [-0.15, -0.1) is 0 Å². The predicted octanol–water partition coefficient (Wildman–Crippen LogP) is 9.10. The molecule has 0 aliphatic heterocycles. The molecule has 0 aromatic carbocycles. The average molecular weight is 442 g/mol. The third kappa shape index (κ3) is 23.9. The fourth-order valence-electron chi connectivity index (χ4n) is 4.11. The molecule has 3 heteroatoms. The van der Waals surface area contributed by atoms with Crippen LogP contribution in [0.4, 0.5) is 0 Å². The Morgan fingerprint density at radius 2 is 1.00 bits per heavy atom. The highest BCUT2D eigenvalue weighted by Crippen LogP contribution is 2.17. The second kappa shape index (κ2) is 25.7. The van der Waals surface area contributed by atoms with Crippen LogP contribution in [-0.2, 0) is 4.79 Å². The molecule has 188 valence electrons. The Hall–Kier alpha value is -0.570. The molecule has 0 aromatic heterocycles. The minimum atomic E-state index is -0.643. The highest BCUT2D eigenvalue weighted by molar-refractivity contribution is 5.69. The lowest BCUT2D eigenvalue weighted by Gasteiger charge is -2.24. The van der Waals surface area contributed by atoms with Crippen molar-refractivity contribution in [1.82, 2.24) is 4.90 Å². The van der Waals surface area contributed by atoms with Crippen molar-refractivity contribution < 1.29 is 9.90 Å². The first-order chi connectivity index (χ1) is 14.9. The van der Waals surface area contributed by atoms with Crippen LogP contribution in [0.1, 0.15) is 150 Å². The third-order valence-electron chi connectivity index (χ3n) is 6.51. The van der Waals surface area contributed by atoms with Gasteiger partial charge in [-0.25, -0.2) is 0 Å². The number of aliphatic carboxylic acids is 1. The van der Waals surface area contributed by atoms with E-state index in [1.54, 1.807) is 0 Å². The fraction of sp³-hybridized carbons (Fsp3) is 0.964. The van der Waals surface area contributed by atoms with E-state index in [9.17, 15) is 4.79 Å². The Balaban J connectivity index is 0. The molecule has 0 radical (unpaired) electrons. The normalized spacial score (nSPS) is 13.0. The molecule has 0 heterocycles. The molecule has 0 rings (SSSR count). The van der Waals surface area contributed by atoms with Gasteiger partial charge in [0.05, 0.1) is 5.92 Å². The predicted molar refractivity (Wildman–Crippen MR) is 139 cm³/mol. The second-order valence-electron chi connectivity index (χ2n) is 9.67. The molecule has 0 aliphatic rings. The van der Waals surface area contributed by atoms with Gasteiger partial charge < -0.3 is 10.0 Å². The third-order valence-corrected chi connectivity index (χ3v) is 6.51. The molecule has 2 atom stereocenters. The number of unbranched alkanes of at least 4 members (excludes halogenated alkanes) is 12. The molecule has 2 unspecified atom stereocenters. The summed E-state index contributed by atoms with van der Waals surface area (Å²) < 4.78 is 0. The first kappa shape index (κ1) is 32.6. The van der Waals surface area contributed by atoms with Crippen molar-refractivity contribution in [3.63, 3.8) is 0 Å². The van der Waals surface area contributed by atoms with Crippen LogP contribution in [-0.4, -0.2) is 36.1 Å². The molecule has 0 bridgehead atoms. The number of carboxylic acid groups (broad SMARTS) is 1. The molecule has 0 aromatic rings. The maximum absolute atomic E-state index is 10.4. The van der Waals surface area contributed by atoms with Gasteiger partial charge in [0, 0.05) is 6.04 Å². The summed E-state index contributed by atoms with van der Waals surface area (Å²) >= 11 is 0. The van der Waals surface area contributed by atoms with Gasteiger partial charge in [-0.1, -0.05) is 124 Å². The topological polar surface area (TPSA) is 40.5 Å². The highest BCUT2D eigenvalue weighted by Gasteiger charge is 2.13. The van der Waals surface area contributed by atoms with Crippen LogP contribution in [0.5, 0.6) is 0 Å². The van der Waals surface area contributed by atoms with Gasteiger partial charge in [0.25, 0.3) is 0 Å². The van der Waals surface area contributed by atoms with E-state index in [1.165, 1.54) is 96.3 Å². The summed E-state index contributed by atoms with van der Waals surface area (Å²) in [7, 11) is 4.53. The summed E-state index contributed by atoms with van der Waals surface area (Å²) in [6.07, 6.45) is 25.1. The van der Waals surface area contributed by atoms with Crippen molar-refractivity contribution in [3.05, 3.63) is 0 Å². The second-order valence-corrected chi connectivity index (χ2v) is 9.67. The van der Waals surface area contributed by atoms with Crippen molar-refractivity contribution in [1.29, 1.82) is 0 Å². The maximum Gasteiger partial charge on any atom is 0.306 e. The standard InChI is InChI=1S/C20H43N.C8H16O2/c1-5-7-9-11-13-15-17-19-20(21(3)4)18-16-14-12-10-8-6-2;1-3-5-6-7(4-2)8(9)10/h20H,5-19H2,1-4H3;7H,3-6H2,1-2H3,(H,9,10). The van der Waals surface area contributed by atoms with Gasteiger partial charge >= 0.3 is 5.97 Å². The molecule has 31 heavy (non-hydrogen) atoms. The SMILES string of the molecule is CCCCC(CC)C(=O)O.CCCCCCCCCC(CCCCCCCC)N(C)C. The molecule has 0 spiro atoms. The summed E-state index contributed by atoms with van der Waals surface area (Å²) in [5.41, 5.74) is 0. The van der Waals surface area contributed by atoms with Crippen molar-refractivity contribution in [2.45, 2.75) is 156 Å². The summed E-state index contributed by atoms with van der Waals surface area (Å²) in [6.45, 7) is 8.59. The summed E-state index contributed by atoms with van der Waals surface area (Å²) in [5.74, 6) is -0.754. The Kier molecular flexibility index (Phi) is 27.0. The molecule has 0 saturated heterocycles. The van der Waals surface area contributed by atoms with Crippen LogP contribution in [0, 0.1) is 5.92 Å². The Morgan fingerprint density at radius 1 is 0.613 bits per heavy atom. The van der Waals surface area contributed by atoms with Crippen molar-refractivity contribution >= 4 is 5.97 Å². The van der Waals surface area contributed by atoms with E-state index in [-0.39, 0.29) is 5.92 Å². The monoisotopic (exact) mass is 441 g/mol. The van der Waals surface area contributed by atoms with Crippen LogP contribution in [0.25, 0.3) is 0 Å². The fourth-order valence-corrected chi connectivity index (χ4v) is 4.11. The van der Waals surface area contributed by atoms with Gasteiger partial charge in [0.1, 0.15) is 0 Å². The largest absolute Gasteiger partial charge is 0.481 e. The zero-order valence-corrected chi connectivity index (χ0v) is 22.4. The van der Waals surface area contributed by atoms with E-state index in [1.807, 2.05) is 6.92 Å². The minimum Gasteiger partial charge on any atom is -0.481 e. The number of carbonyl (C=O) groups is 1. The van der Waals surface area contributed by atoms with Crippen LogP contribution < -0.4 is 0 Å². The summed E-state index contributed by atoms with van der Waals surface area (Å²) in [4.78, 5) is 12.9. The quantitative estimate of drug-likeness (QED) is 0.180. The molecule has 0 aliphatic carbocycles. The van der Waals surface area contributed by atoms with Crippen molar-refractivity contribution in [2.24, 2.45) is 5.92 Å². The van der Waals surface area contributed by atoms with E-state index in [4.69, 9.17) is 5.11 Å². The average Bonchev–Trinajstić information content (AvgIpc) is 2.74. The zero-order chi connectivity index (χ0) is 23.7. The maximum atomic E-state index is 10.4. The van der Waals surface area contributed by atoms with Crippen LogP contribution >= 0.6 is 0 Å². The highest BCUT2D eigenvalue weighted by atomic mass is 16.4. The number of rotatable bonds is 21. The first-order valence-corrected chi connectivity index (χ1v) is 13.8. The first-order valence-electron chi connectivity index (χ1n) is 13.8. The van der Waals surface area contributed by atoms with Gasteiger partial charge in [0.2, 0.25) is 0 Å². The Labute approximate surface area is 196 Å². The van der Waals surface area contributed by atoms with Gasteiger partial charge in [-0.05, 0) is 39.8 Å². The Bertz CT molecular complexity index is 357. The van der Waals surface area contributed by atoms with E-state index in [0.717, 1.165) is 31.7 Å². The summed E-state index contributed by atoms with van der Waals surface area (Å²) in [5, 5.41) is 8.60.